The van der Waals surface area contributed by atoms with Crippen LogP contribution in [0.2, 0.25) is 0 Å². The standard InChI is InChI=1S/C10H21NO2/c1-9(12)10-4-3-5-11(8-10)6-7-13-2/h9-10,12H,3-8H2,1-2H3. The Hall–Kier alpha value is -0.120. The summed E-state index contributed by atoms with van der Waals surface area (Å²) in [6.45, 7) is 5.88. The summed E-state index contributed by atoms with van der Waals surface area (Å²) < 4.78 is 5.04. The fourth-order valence-corrected chi connectivity index (χ4v) is 1.91. The predicted molar refractivity (Wildman–Crippen MR) is 52.7 cm³/mol. The van der Waals surface area contributed by atoms with E-state index in [4.69, 9.17) is 4.74 Å². The minimum atomic E-state index is -0.162. The van der Waals surface area contributed by atoms with Crippen molar-refractivity contribution in [1.82, 2.24) is 4.90 Å². The number of ether oxygens (including phenoxy) is 1. The normalized spacial score (nSPS) is 27.5. The first kappa shape index (κ1) is 11.0. The van der Waals surface area contributed by atoms with Crippen molar-refractivity contribution in [3.63, 3.8) is 0 Å². The SMILES string of the molecule is COCCN1CCCC(C(C)O)C1. The molecule has 0 aromatic heterocycles. The molecular formula is C10H21NO2. The summed E-state index contributed by atoms with van der Waals surface area (Å²) in [4.78, 5) is 2.38. The molecule has 1 rings (SSSR count). The highest BCUT2D eigenvalue weighted by molar-refractivity contribution is 4.75. The molecule has 0 aromatic carbocycles. The van der Waals surface area contributed by atoms with Crippen molar-refractivity contribution < 1.29 is 9.84 Å². The predicted octanol–water partition coefficient (Wildman–Crippen LogP) is 0.726. The van der Waals surface area contributed by atoms with Gasteiger partial charge in [-0.1, -0.05) is 0 Å². The summed E-state index contributed by atoms with van der Waals surface area (Å²) in [7, 11) is 1.73. The number of aliphatic hydroxyl groups excluding tert-OH is 1. The first-order valence-corrected chi connectivity index (χ1v) is 5.13. The topological polar surface area (TPSA) is 32.7 Å². The van der Waals surface area contributed by atoms with Crippen LogP contribution in [0.15, 0.2) is 0 Å². The molecule has 1 saturated heterocycles. The third kappa shape index (κ3) is 3.63. The minimum Gasteiger partial charge on any atom is -0.393 e. The second-order valence-electron chi connectivity index (χ2n) is 3.94. The van der Waals surface area contributed by atoms with Crippen molar-refractivity contribution in [2.75, 3.05) is 33.4 Å². The average molecular weight is 187 g/mol. The molecule has 1 aliphatic heterocycles. The van der Waals surface area contributed by atoms with Crippen LogP contribution >= 0.6 is 0 Å². The molecule has 13 heavy (non-hydrogen) atoms. The molecule has 1 heterocycles. The average Bonchev–Trinajstić information content (AvgIpc) is 2.15. The van der Waals surface area contributed by atoms with Crippen LogP contribution in [0.1, 0.15) is 19.8 Å². The first-order chi connectivity index (χ1) is 6.24. The van der Waals surface area contributed by atoms with Gasteiger partial charge in [0, 0.05) is 20.2 Å². The number of aliphatic hydroxyl groups is 1. The second-order valence-corrected chi connectivity index (χ2v) is 3.94. The molecule has 0 aliphatic carbocycles. The molecule has 1 aliphatic rings. The zero-order valence-electron chi connectivity index (χ0n) is 8.70. The molecule has 0 saturated carbocycles. The quantitative estimate of drug-likeness (QED) is 0.704. The Morgan fingerprint density at radius 3 is 3.00 bits per heavy atom. The molecule has 1 fully saturated rings. The lowest BCUT2D eigenvalue weighted by atomic mass is 9.93. The van der Waals surface area contributed by atoms with Gasteiger partial charge in [-0.25, -0.2) is 0 Å². The molecule has 3 nitrogen and oxygen atoms in total. The van der Waals surface area contributed by atoms with E-state index in [0.29, 0.717) is 5.92 Å². The van der Waals surface area contributed by atoms with Crippen LogP contribution in [0.4, 0.5) is 0 Å². The Morgan fingerprint density at radius 2 is 2.38 bits per heavy atom. The molecule has 2 unspecified atom stereocenters. The van der Waals surface area contributed by atoms with Crippen LogP contribution in [0.5, 0.6) is 0 Å². The monoisotopic (exact) mass is 187 g/mol. The molecule has 0 radical (unpaired) electrons. The molecule has 0 bridgehead atoms. The molecule has 0 amide bonds. The number of hydrogen-bond donors (Lipinski definition) is 1. The van der Waals surface area contributed by atoms with Gasteiger partial charge in [0.05, 0.1) is 12.7 Å². The Morgan fingerprint density at radius 1 is 1.62 bits per heavy atom. The zero-order valence-corrected chi connectivity index (χ0v) is 8.70. The van der Waals surface area contributed by atoms with Gasteiger partial charge in [0.15, 0.2) is 0 Å². The van der Waals surface area contributed by atoms with Crippen LogP contribution in [0.25, 0.3) is 0 Å². The highest BCUT2D eigenvalue weighted by Gasteiger charge is 2.22. The highest BCUT2D eigenvalue weighted by atomic mass is 16.5. The summed E-state index contributed by atoms with van der Waals surface area (Å²) >= 11 is 0. The molecule has 2 atom stereocenters. The summed E-state index contributed by atoms with van der Waals surface area (Å²) in [5.74, 6) is 0.464. The van der Waals surface area contributed by atoms with Gasteiger partial charge < -0.3 is 14.7 Å². The lowest BCUT2D eigenvalue weighted by molar-refractivity contribution is 0.0507. The fraction of sp³-hybridized carbons (Fsp3) is 1.00. The lowest BCUT2D eigenvalue weighted by Gasteiger charge is -2.33. The minimum absolute atomic E-state index is 0.162. The second kappa shape index (κ2) is 5.58. The maximum Gasteiger partial charge on any atom is 0.0589 e. The van der Waals surface area contributed by atoms with E-state index in [9.17, 15) is 5.11 Å². The van der Waals surface area contributed by atoms with Crippen LogP contribution in [0, 0.1) is 5.92 Å². The van der Waals surface area contributed by atoms with E-state index < -0.39 is 0 Å². The van der Waals surface area contributed by atoms with Gasteiger partial charge >= 0.3 is 0 Å². The number of hydrogen-bond acceptors (Lipinski definition) is 3. The molecule has 0 aromatic rings. The molecule has 0 spiro atoms. The summed E-state index contributed by atoms with van der Waals surface area (Å²) in [5.41, 5.74) is 0. The van der Waals surface area contributed by atoms with E-state index >= 15 is 0 Å². The number of methoxy groups -OCH3 is 1. The Bertz CT molecular complexity index is 139. The van der Waals surface area contributed by atoms with Crippen LogP contribution in [0.3, 0.4) is 0 Å². The van der Waals surface area contributed by atoms with Gasteiger partial charge in [-0.15, -0.1) is 0 Å². The van der Waals surface area contributed by atoms with Gasteiger partial charge in [0.1, 0.15) is 0 Å². The third-order valence-corrected chi connectivity index (χ3v) is 2.84. The van der Waals surface area contributed by atoms with E-state index in [2.05, 4.69) is 4.90 Å². The zero-order chi connectivity index (χ0) is 9.68. The summed E-state index contributed by atoms with van der Waals surface area (Å²) in [6, 6.07) is 0. The molecule has 3 heteroatoms. The Balaban J connectivity index is 2.25. The van der Waals surface area contributed by atoms with Crippen LogP contribution in [-0.2, 0) is 4.74 Å². The lowest BCUT2D eigenvalue weighted by Crippen LogP contribution is -2.40. The largest absolute Gasteiger partial charge is 0.393 e. The van der Waals surface area contributed by atoms with Crippen molar-refractivity contribution in [2.24, 2.45) is 5.92 Å². The van der Waals surface area contributed by atoms with Crippen molar-refractivity contribution in [1.29, 1.82) is 0 Å². The van der Waals surface area contributed by atoms with Gasteiger partial charge in [-0.2, -0.15) is 0 Å². The Labute approximate surface area is 80.7 Å². The van der Waals surface area contributed by atoms with Crippen molar-refractivity contribution in [3.8, 4) is 0 Å². The molecule has 1 N–H and O–H groups in total. The summed E-state index contributed by atoms with van der Waals surface area (Å²) in [5, 5.41) is 9.46. The van der Waals surface area contributed by atoms with Crippen molar-refractivity contribution in [3.05, 3.63) is 0 Å². The highest BCUT2D eigenvalue weighted by Crippen LogP contribution is 2.19. The smallest absolute Gasteiger partial charge is 0.0589 e. The van der Waals surface area contributed by atoms with E-state index in [-0.39, 0.29) is 6.10 Å². The van der Waals surface area contributed by atoms with Crippen LogP contribution < -0.4 is 0 Å². The van der Waals surface area contributed by atoms with E-state index in [1.165, 1.54) is 12.8 Å². The van der Waals surface area contributed by atoms with Gasteiger partial charge in [0.25, 0.3) is 0 Å². The number of piperidine rings is 1. The third-order valence-electron chi connectivity index (χ3n) is 2.84. The number of rotatable bonds is 4. The van der Waals surface area contributed by atoms with E-state index in [1.54, 1.807) is 7.11 Å². The first-order valence-electron chi connectivity index (χ1n) is 5.13. The van der Waals surface area contributed by atoms with E-state index in [0.717, 1.165) is 26.2 Å². The maximum absolute atomic E-state index is 9.46. The van der Waals surface area contributed by atoms with Crippen molar-refractivity contribution in [2.45, 2.75) is 25.9 Å². The summed E-state index contributed by atoms with van der Waals surface area (Å²) in [6.07, 6.45) is 2.21. The maximum atomic E-state index is 9.46. The Kier molecular flexibility index (Phi) is 4.70. The van der Waals surface area contributed by atoms with Gasteiger partial charge in [0.2, 0.25) is 0 Å². The number of nitrogens with zero attached hydrogens (tertiary/aromatic N) is 1. The number of likely N-dealkylation sites (tertiary alicyclic amines) is 1. The van der Waals surface area contributed by atoms with Gasteiger partial charge in [-0.05, 0) is 32.2 Å². The van der Waals surface area contributed by atoms with E-state index in [1.807, 2.05) is 6.92 Å². The van der Waals surface area contributed by atoms with Crippen molar-refractivity contribution >= 4 is 0 Å². The van der Waals surface area contributed by atoms with Gasteiger partial charge in [-0.3, -0.25) is 0 Å². The fourth-order valence-electron chi connectivity index (χ4n) is 1.91. The molecular weight excluding hydrogens is 166 g/mol. The molecule has 78 valence electrons. The van der Waals surface area contributed by atoms with Crippen LogP contribution in [-0.4, -0.2) is 49.5 Å².